The van der Waals surface area contributed by atoms with E-state index < -0.39 is 0 Å². The highest BCUT2D eigenvalue weighted by atomic mass is 15.2. The minimum Gasteiger partial charge on any atom is -0.339 e. The van der Waals surface area contributed by atoms with Gasteiger partial charge in [0.2, 0.25) is 0 Å². The molecule has 2 heteroatoms. The first kappa shape index (κ1) is 37.4. The molecule has 0 radical (unpaired) electrons. The predicted octanol–water partition coefficient (Wildman–Crippen LogP) is 13.8. The summed E-state index contributed by atoms with van der Waals surface area (Å²) in [6.07, 6.45) is 42.0. The second-order valence-electron chi connectivity index (χ2n) is 14.6. The summed E-state index contributed by atoms with van der Waals surface area (Å²) in [5, 5.41) is 0. The van der Waals surface area contributed by atoms with E-state index in [4.69, 9.17) is 0 Å². The summed E-state index contributed by atoms with van der Waals surface area (Å²) < 4.78 is 0. The predicted molar refractivity (Wildman–Crippen MR) is 230 cm³/mol. The molecule has 0 bridgehead atoms. The van der Waals surface area contributed by atoms with Gasteiger partial charge in [0.25, 0.3) is 0 Å². The highest BCUT2D eigenvalue weighted by molar-refractivity contribution is 5.79. The van der Waals surface area contributed by atoms with Gasteiger partial charge in [-0.3, -0.25) is 0 Å². The Balaban J connectivity index is 1.28. The van der Waals surface area contributed by atoms with Gasteiger partial charge >= 0.3 is 0 Å². The SMILES string of the molecule is C=C/C=C\CC(C)/C(C=C)=C/CC(C)N(C1=CCC(C2=CCCC=C2)C=C1)/C(C=C)=C/C=C(\C)C1=CC=C2C(C1)c1ccccc1N2c1ccccc1. The maximum Gasteiger partial charge on any atom is 0.0497 e. The average Bonchev–Trinajstić information content (AvgIpc) is 3.54. The van der Waals surface area contributed by atoms with Crippen LogP contribution in [0.1, 0.15) is 70.8 Å². The second-order valence-corrected chi connectivity index (χ2v) is 14.6. The van der Waals surface area contributed by atoms with Gasteiger partial charge in [-0.2, -0.15) is 0 Å². The van der Waals surface area contributed by atoms with Gasteiger partial charge in [-0.25, -0.2) is 0 Å². The fourth-order valence-electron chi connectivity index (χ4n) is 8.06. The molecule has 2 aromatic rings. The number of anilines is 2. The Morgan fingerprint density at radius 1 is 0.906 bits per heavy atom. The maximum atomic E-state index is 4.34. The topological polar surface area (TPSA) is 6.48 Å². The normalized spacial score (nSPS) is 21.2. The van der Waals surface area contributed by atoms with Crippen LogP contribution in [0.5, 0.6) is 0 Å². The van der Waals surface area contributed by atoms with Crippen LogP contribution in [0.25, 0.3) is 0 Å². The minimum atomic E-state index is 0.207. The van der Waals surface area contributed by atoms with Gasteiger partial charge in [-0.15, -0.1) is 0 Å². The Bertz CT molecular complexity index is 1980. The van der Waals surface area contributed by atoms with E-state index in [1.54, 1.807) is 0 Å². The van der Waals surface area contributed by atoms with Crippen molar-refractivity contribution in [1.29, 1.82) is 0 Å². The van der Waals surface area contributed by atoms with E-state index in [1.807, 2.05) is 24.3 Å². The molecule has 270 valence electrons. The molecule has 6 rings (SSSR count). The monoisotopic (exact) mass is 696 g/mol. The van der Waals surface area contributed by atoms with E-state index >= 15 is 0 Å². The van der Waals surface area contributed by atoms with Crippen LogP contribution in [0.15, 0.2) is 211 Å². The van der Waals surface area contributed by atoms with Gasteiger partial charge in [0.15, 0.2) is 0 Å². The first-order chi connectivity index (χ1) is 25.9. The molecule has 0 spiro atoms. The van der Waals surface area contributed by atoms with Crippen LogP contribution >= 0.6 is 0 Å². The van der Waals surface area contributed by atoms with Gasteiger partial charge in [0.05, 0.1) is 0 Å². The quantitative estimate of drug-likeness (QED) is 0.171. The van der Waals surface area contributed by atoms with Gasteiger partial charge < -0.3 is 9.80 Å². The number of benzene rings is 2. The third kappa shape index (κ3) is 8.66. The van der Waals surface area contributed by atoms with Gasteiger partial charge in [0, 0.05) is 46.3 Å². The van der Waals surface area contributed by atoms with Gasteiger partial charge in [0.1, 0.15) is 0 Å². The first-order valence-corrected chi connectivity index (χ1v) is 19.4. The molecular weight excluding hydrogens is 641 g/mol. The Hall–Kier alpha value is -5.34. The third-order valence-corrected chi connectivity index (χ3v) is 11.1. The molecule has 0 N–H and O–H groups in total. The molecule has 4 aliphatic rings. The van der Waals surface area contributed by atoms with Crippen molar-refractivity contribution in [2.75, 3.05) is 4.90 Å². The summed E-state index contributed by atoms with van der Waals surface area (Å²) in [6.45, 7) is 19.2. The number of fused-ring (bicyclic) bond motifs is 3. The van der Waals surface area contributed by atoms with Crippen molar-refractivity contribution < 1.29 is 0 Å². The molecule has 0 fully saturated rings. The zero-order valence-corrected chi connectivity index (χ0v) is 32.0. The molecule has 0 amide bonds. The fraction of sp³-hybridized carbons (Fsp3) is 0.255. The standard InChI is InChI=1S/C51H56N2/c1-7-10-13-20-38(4)41(8-2)29-28-40(6)52(47-34-30-43(31-35-47)42-21-14-11-15-22-42)45(9-3)33-27-39(5)44-32-36-51-49(37-44)48-25-18-19-26-50(48)53(51)46-23-16-12-17-24-46/h7-10,12-14,16-19,21-27,29-30,32-36,38,40,43,49H,1-3,11,15,20,28,31,37H2,4-6H3/b13-10-,39-27+,41-29+,45-33+. The molecule has 0 aromatic heterocycles. The Morgan fingerprint density at radius 3 is 2.43 bits per heavy atom. The summed E-state index contributed by atoms with van der Waals surface area (Å²) in [5.41, 5.74) is 13.0. The Labute approximate surface area is 319 Å². The number of rotatable bonds is 15. The van der Waals surface area contributed by atoms with E-state index in [0.717, 1.165) is 44.2 Å². The maximum absolute atomic E-state index is 4.34. The lowest BCUT2D eigenvalue weighted by Crippen LogP contribution is -2.31. The van der Waals surface area contributed by atoms with Crippen molar-refractivity contribution in [3.63, 3.8) is 0 Å². The first-order valence-electron chi connectivity index (χ1n) is 19.4. The van der Waals surface area contributed by atoms with Crippen LogP contribution in [-0.2, 0) is 0 Å². The van der Waals surface area contributed by atoms with Crippen LogP contribution in [-0.4, -0.2) is 10.9 Å². The molecular formula is C51H56N2. The molecule has 2 nitrogen and oxygen atoms in total. The highest BCUT2D eigenvalue weighted by Gasteiger charge is 2.36. The van der Waals surface area contributed by atoms with E-state index in [1.165, 1.54) is 50.6 Å². The Kier molecular flexibility index (Phi) is 12.7. The molecule has 0 saturated heterocycles. The van der Waals surface area contributed by atoms with Crippen LogP contribution in [0.2, 0.25) is 0 Å². The lowest BCUT2D eigenvalue weighted by atomic mass is 9.85. The molecule has 1 heterocycles. The van der Waals surface area contributed by atoms with Crippen LogP contribution < -0.4 is 4.90 Å². The molecule has 4 unspecified atom stereocenters. The number of para-hydroxylation sites is 2. The number of allylic oxidation sites excluding steroid dienone is 20. The molecule has 4 atom stereocenters. The number of nitrogens with zero attached hydrogens (tertiary/aromatic N) is 2. The molecule has 2 aromatic carbocycles. The van der Waals surface area contributed by atoms with Crippen molar-refractivity contribution in [2.45, 2.75) is 71.3 Å². The average molecular weight is 697 g/mol. The highest BCUT2D eigenvalue weighted by Crippen LogP contribution is 2.52. The van der Waals surface area contributed by atoms with Crippen LogP contribution in [0.4, 0.5) is 11.4 Å². The Morgan fingerprint density at radius 2 is 1.72 bits per heavy atom. The van der Waals surface area contributed by atoms with Gasteiger partial charge in [-0.05, 0) is 129 Å². The molecule has 53 heavy (non-hydrogen) atoms. The van der Waals surface area contributed by atoms with E-state index in [9.17, 15) is 0 Å². The number of hydrogen-bond acceptors (Lipinski definition) is 2. The van der Waals surface area contributed by atoms with E-state index in [-0.39, 0.29) is 6.04 Å². The summed E-state index contributed by atoms with van der Waals surface area (Å²) in [4.78, 5) is 4.91. The van der Waals surface area contributed by atoms with E-state index in [2.05, 4.69) is 178 Å². The summed E-state index contributed by atoms with van der Waals surface area (Å²) in [6, 6.07) is 19.8. The zero-order chi connectivity index (χ0) is 37.2. The zero-order valence-electron chi connectivity index (χ0n) is 32.0. The van der Waals surface area contributed by atoms with Gasteiger partial charge in [-0.1, -0.05) is 136 Å². The van der Waals surface area contributed by atoms with Crippen molar-refractivity contribution >= 4 is 11.4 Å². The fourth-order valence-corrected chi connectivity index (χ4v) is 8.06. The van der Waals surface area contributed by atoms with E-state index in [0.29, 0.717) is 17.8 Å². The van der Waals surface area contributed by atoms with Crippen LogP contribution in [0.3, 0.4) is 0 Å². The second kappa shape index (κ2) is 17.9. The van der Waals surface area contributed by atoms with Crippen molar-refractivity contribution in [3.8, 4) is 0 Å². The lowest BCUT2D eigenvalue weighted by molar-refractivity contribution is 0.348. The molecule has 1 aliphatic heterocycles. The van der Waals surface area contributed by atoms with Crippen molar-refractivity contribution in [2.24, 2.45) is 11.8 Å². The van der Waals surface area contributed by atoms with Crippen molar-refractivity contribution in [1.82, 2.24) is 4.90 Å². The molecule has 3 aliphatic carbocycles. The molecule has 0 saturated carbocycles. The van der Waals surface area contributed by atoms with Crippen molar-refractivity contribution in [3.05, 3.63) is 216 Å². The summed E-state index contributed by atoms with van der Waals surface area (Å²) in [7, 11) is 0. The number of hydrogen-bond donors (Lipinski definition) is 0. The largest absolute Gasteiger partial charge is 0.339 e. The summed E-state index contributed by atoms with van der Waals surface area (Å²) in [5.74, 6) is 1.15. The lowest BCUT2D eigenvalue weighted by Gasteiger charge is -2.35. The van der Waals surface area contributed by atoms with Crippen LogP contribution in [0, 0.1) is 11.8 Å². The smallest absolute Gasteiger partial charge is 0.0497 e. The minimum absolute atomic E-state index is 0.207. The summed E-state index contributed by atoms with van der Waals surface area (Å²) >= 11 is 0. The third-order valence-electron chi connectivity index (χ3n) is 11.1.